The number of halogens is 3. The number of carbonyl (C=O) groups excluding carboxylic acids is 1. The van der Waals surface area contributed by atoms with Crippen molar-refractivity contribution in [3.63, 3.8) is 0 Å². The number of piperazine rings is 1. The second kappa shape index (κ2) is 7.75. The van der Waals surface area contributed by atoms with Crippen molar-refractivity contribution in [3.8, 4) is 0 Å². The zero-order chi connectivity index (χ0) is 17.1. The molecule has 24 heavy (non-hydrogen) atoms. The molecule has 0 spiro atoms. The van der Waals surface area contributed by atoms with Crippen LogP contribution in [0.25, 0.3) is 0 Å². The molecule has 3 rings (SSSR count). The Hall–Kier alpha value is -1.26. The van der Waals surface area contributed by atoms with Gasteiger partial charge in [-0.15, -0.1) is 0 Å². The van der Waals surface area contributed by atoms with Crippen LogP contribution >= 0.6 is 34.8 Å². The van der Waals surface area contributed by atoms with E-state index in [1.165, 1.54) is 0 Å². The standard InChI is InChI=1S/C18H17Cl3N2O/c19-15-4-1-13(2-5-15)18(24)23-9-7-22(8-10-23)12-14-3-6-16(20)11-17(14)21/h1-6,11H,7-10,12H2. The van der Waals surface area contributed by atoms with Gasteiger partial charge in [0.1, 0.15) is 0 Å². The summed E-state index contributed by atoms with van der Waals surface area (Å²) < 4.78 is 0. The zero-order valence-electron chi connectivity index (χ0n) is 13.0. The molecule has 1 heterocycles. The van der Waals surface area contributed by atoms with Crippen LogP contribution in [0.4, 0.5) is 0 Å². The first-order chi connectivity index (χ1) is 11.5. The Labute approximate surface area is 156 Å². The van der Waals surface area contributed by atoms with E-state index in [1.807, 2.05) is 17.0 Å². The van der Waals surface area contributed by atoms with Crippen molar-refractivity contribution in [3.05, 3.63) is 68.7 Å². The van der Waals surface area contributed by atoms with E-state index in [4.69, 9.17) is 34.8 Å². The first-order valence-electron chi connectivity index (χ1n) is 7.74. The quantitative estimate of drug-likeness (QED) is 0.773. The van der Waals surface area contributed by atoms with Crippen LogP contribution < -0.4 is 0 Å². The van der Waals surface area contributed by atoms with Crippen LogP contribution in [0.15, 0.2) is 42.5 Å². The lowest BCUT2D eigenvalue weighted by Gasteiger charge is -2.35. The van der Waals surface area contributed by atoms with E-state index in [0.29, 0.717) is 33.7 Å². The van der Waals surface area contributed by atoms with Crippen LogP contribution in [0.2, 0.25) is 15.1 Å². The van der Waals surface area contributed by atoms with Crippen LogP contribution in [0.5, 0.6) is 0 Å². The van der Waals surface area contributed by atoms with Gasteiger partial charge < -0.3 is 4.90 Å². The smallest absolute Gasteiger partial charge is 0.253 e. The second-order valence-electron chi connectivity index (χ2n) is 5.81. The Bertz CT molecular complexity index is 726. The second-order valence-corrected chi connectivity index (χ2v) is 7.09. The minimum atomic E-state index is 0.0517. The van der Waals surface area contributed by atoms with Gasteiger partial charge in [0.25, 0.3) is 5.91 Å². The number of amides is 1. The molecule has 1 aliphatic heterocycles. The molecule has 3 nitrogen and oxygen atoms in total. The van der Waals surface area contributed by atoms with E-state index >= 15 is 0 Å². The van der Waals surface area contributed by atoms with Gasteiger partial charge in [0.15, 0.2) is 0 Å². The molecular formula is C18H17Cl3N2O. The fraction of sp³-hybridized carbons (Fsp3) is 0.278. The first kappa shape index (κ1) is 17.6. The van der Waals surface area contributed by atoms with Gasteiger partial charge in [0.05, 0.1) is 0 Å². The molecular weight excluding hydrogens is 367 g/mol. The Morgan fingerprint density at radius 3 is 2.12 bits per heavy atom. The largest absolute Gasteiger partial charge is 0.336 e. The van der Waals surface area contributed by atoms with E-state index in [1.54, 1.807) is 30.3 Å². The van der Waals surface area contributed by atoms with Crippen molar-refractivity contribution in [2.45, 2.75) is 6.54 Å². The van der Waals surface area contributed by atoms with Gasteiger partial charge in [-0.25, -0.2) is 0 Å². The maximum Gasteiger partial charge on any atom is 0.253 e. The molecule has 6 heteroatoms. The van der Waals surface area contributed by atoms with Crippen LogP contribution in [-0.4, -0.2) is 41.9 Å². The molecule has 0 atom stereocenters. The molecule has 1 aliphatic rings. The molecule has 1 amide bonds. The van der Waals surface area contributed by atoms with Crippen LogP contribution in [0.1, 0.15) is 15.9 Å². The van der Waals surface area contributed by atoms with Crippen molar-refractivity contribution < 1.29 is 4.79 Å². The molecule has 0 aliphatic carbocycles. The van der Waals surface area contributed by atoms with E-state index in [-0.39, 0.29) is 5.91 Å². The number of nitrogens with zero attached hydrogens (tertiary/aromatic N) is 2. The normalized spacial score (nSPS) is 15.5. The molecule has 1 fully saturated rings. The topological polar surface area (TPSA) is 23.6 Å². The maximum atomic E-state index is 12.5. The fourth-order valence-electron chi connectivity index (χ4n) is 2.77. The summed E-state index contributed by atoms with van der Waals surface area (Å²) in [5, 5.41) is 1.96. The molecule has 126 valence electrons. The highest BCUT2D eigenvalue weighted by Crippen LogP contribution is 2.23. The highest BCUT2D eigenvalue weighted by molar-refractivity contribution is 6.35. The lowest BCUT2D eigenvalue weighted by Crippen LogP contribution is -2.48. The summed E-state index contributed by atoms with van der Waals surface area (Å²) in [5.41, 5.74) is 1.73. The average molecular weight is 384 g/mol. The Balaban J connectivity index is 1.57. The van der Waals surface area contributed by atoms with Gasteiger partial charge in [-0.1, -0.05) is 40.9 Å². The number of rotatable bonds is 3. The summed E-state index contributed by atoms with van der Waals surface area (Å²) in [7, 11) is 0. The van der Waals surface area contributed by atoms with Crippen LogP contribution in [0, 0.1) is 0 Å². The Morgan fingerprint density at radius 1 is 0.875 bits per heavy atom. The fourth-order valence-corrected chi connectivity index (χ4v) is 3.37. The van der Waals surface area contributed by atoms with Crippen molar-refractivity contribution in [2.24, 2.45) is 0 Å². The van der Waals surface area contributed by atoms with Gasteiger partial charge in [0.2, 0.25) is 0 Å². The number of carbonyl (C=O) groups is 1. The predicted octanol–water partition coefficient (Wildman–Crippen LogP) is 4.60. The van der Waals surface area contributed by atoms with Gasteiger partial charge in [-0.2, -0.15) is 0 Å². The van der Waals surface area contributed by atoms with Gasteiger partial charge in [0, 0.05) is 53.4 Å². The van der Waals surface area contributed by atoms with Crippen molar-refractivity contribution >= 4 is 40.7 Å². The lowest BCUT2D eigenvalue weighted by atomic mass is 10.1. The lowest BCUT2D eigenvalue weighted by molar-refractivity contribution is 0.0628. The van der Waals surface area contributed by atoms with Gasteiger partial charge in [-0.3, -0.25) is 9.69 Å². The van der Waals surface area contributed by atoms with E-state index in [0.717, 1.165) is 25.2 Å². The molecule has 0 N–H and O–H groups in total. The molecule has 2 aromatic carbocycles. The third-order valence-corrected chi connectivity index (χ3v) is 5.00. The number of hydrogen-bond acceptors (Lipinski definition) is 2. The Morgan fingerprint density at radius 2 is 1.50 bits per heavy atom. The highest BCUT2D eigenvalue weighted by Gasteiger charge is 2.22. The highest BCUT2D eigenvalue weighted by atomic mass is 35.5. The van der Waals surface area contributed by atoms with Crippen LogP contribution in [0.3, 0.4) is 0 Å². The zero-order valence-corrected chi connectivity index (χ0v) is 15.3. The molecule has 1 saturated heterocycles. The minimum Gasteiger partial charge on any atom is -0.336 e. The summed E-state index contributed by atoms with van der Waals surface area (Å²) in [6, 6.07) is 12.6. The summed E-state index contributed by atoms with van der Waals surface area (Å²) >= 11 is 18.0. The molecule has 2 aromatic rings. The Kier molecular flexibility index (Phi) is 5.67. The van der Waals surface area contributed by atoms with Crippen molar-refractivity contribution in [1.29, 1.82) is 0 Å². The molecule has 0 radical (unpaired) electrons. The summed E-state index contributed by atoms with van der Waals surface area (Å²) in [5.74, 6) is 0.0517. The van der Waals surface area contributed by atoms with E-state index in [2.05, 4.69) is 4.90 Å². The van der Waals surface area contributed by atoms with Crippen molar-refractivity contribution in [1.82, 2.24) is 9.80 Å². The molecule has 0 unspecified atom stereocenters. The number of hydrogen-bond donors (Lipinski definition) is 0. The SMILES string of the molecule is O=C(c1ccc(Cl)cc1)N1CCN(Cc2ccc(Cl)cc2Cl)CC1. The number of benzene rings is 2. The van der Waals surface area contributed by atoms with Crippen molar-refractivity contribution in [2.75, 3.05) is 26.2 Å². The predicted molar refractivity (Wildman–Crippen MR) is 99.1 cm³/mol. The van der Waals surface area contributed by atoms with Gasteiger partial charge >= 0.3 is 0 Å². The van der Waals surface area contributed by atoms with E-state index in [9.17, 15) is 4.79 Å². The summed E-state index contributed by atoms with van der Waals surface area (Å²) in [4.78, 5) is 16.7. The summed E-state index contributed by atoms with van der Waals surface area (Å²) in [6.07, 6.45) is 0. The van der Waals surface area contributed by atoms with E-state index < -0.39 is 0 Å². The van der Waals surface area contributed by atoms with Gasteiger partial charge in [-0.05, 0) is 42.0 Å². The van der Waals surface area contributed by atoms with Crippen LogP contribution in [-0.2, 0) is 6.54 Å². The monoisotopic (exact) mass is 382 g/mol. The summed E-state index contributed by atoms with van der Waals surface area (Å²) in [6.45, 7) is 3.80. The average Bonchev–Trinajstić information content (AvgIpc) is 2.58. The molecule has 0 aromatic heterocycles. The minimum absolute atomic E-state index is 0.0517. The molecule has 0 bridgehead atoms. The third-order valence-electron chi connectivity index (χ3n) is 4.16. The third kappa shape index (κ3) is 4.22. The maximum absolute atomic E-state index is 12.5. The first-order valence-corrected chi connectivity index (χ1v) is 8.87. The molecule has 0 saturated carbocycles.